The van der Waals surface area contributed by atoms with Gasteiger partial charge in [0.25, 0.3) is 0 Å². The van der Waals surface area contributed by atoms with Crippen LogP contribution in [0.3, 0.4) is 0 Å². The van der Waals surface area contributed by atoms with E-state index >= 15 is 0 Å². The molecule has 0 saturated heterocycles. The normalized spacial score (nSPS) is 15.8. The van der Waals surface area contributed by atoms with Crippen molar-refractivity contribution in [3.05, 3.63) is 34.3 Å². The van der Waals surface area contributed by atoms with Crippen LogP contribution in [0.25, 0.3) is 0 Å². The molecule has 2 atom stereocenters. The zero-order valence-corrected chi connectivity index (χ0v) is 12.8. The number of hydrogen-bond donors (Lipinski definition) is 2. The van der Waals surface area contributed by atoms with Crippen LogP contribution in [0.5, 0.6) is 0 Å². The van der Waals surface area contributed by atoms with Crippen LogP contribution in [0.1, 0.15) is 45.2 Å². The monoisotopic (exact) mass is 312 g/mol. The summed E-state index contributed by atoms with van der Waals surface area (Å²) in [5, 5.41) is 2.96. The standard InChI is InChI=1S/C14H21BrN2O/c1-4-9-14(3,16)13(18)17-10(2)11-5-7-12(15)8-6-11/h5-8,10H,4,9,16H2,1-3H3,(H,17,18)/t10-,14?/m1/s1. The summed E-state index contributed by atoms with van der Waals surface area (Å²) in [7, 11) is 0. The number of nitrogens with one attached hydrogen (secondary N) is 1. The summed E-state index contributed by atoms with van der Waals surface area (Å²) in [6, 6.07) is 7.87. The van der Waals surface area contributed by atoms with E-state index in [4.69, 9.17) is 5.73 Å². The number of nitrogens with two attached hydrogens (primary N) is 1. The van der Waals surface area contributed by atoms with E-state index < -0.39 is 5.54 Å². The van der Waals surface area contributed by atoms with Gasteiger partial charge in [-0.2, -0.15) is 0 Å². The van der Waals surface area contributed by atoms with Crippen LogP contribution in [-0.2, 0) is 4.79 Å². The van der Waals surface area contributed by atoms with Gasteiger partial charge in [-0.15, -0.1) is 0 Å². The zero-order chi connectivity index (χ0) is 13.8. The van der Waals surface area contributed by atoms with Crippen LogP contribution >= 0.6 is 15.9 Å². The Morgan fingerprint density at radius 3 is 2.50 bits per heavy atom. The van der Waals surface area contributed by atoms with Crippen LogP contribution in [0.15, 0.2) is 28.7 Å². The Morgan fingerprint density at radius 2 is 2.00 bits per heavy atom. The molecule has 18 heavy (non-hydrogen) atoms. The molecular weight excluding hydrogens is 292 g/mol. The van der Waals surface area contributed by atoms with Gasteiger partial charge in [0.1, 0.15) is 0 Å². The molecule has 4 heteroatoms. The minimum atomic E-state index is -0.793. The number of carbonyl (C=O) groups is 1. The predicted molar refractivity (Wildman–Crippen MR) is 78.2 cm³/mol. The van der Waals surface area contributed by atoms with Crippen molar-refractivity contribution in [2.45, 2.75) is 45.2 Å². The molecule has 3 N–H and O–H groups in total. The molecule has 0 saturated carbocycles. The average Bonchev–Trinajstić information content (AvgIpc) is 2.29. The van der Waals surface area contributed by atoms with Gasteiger partial charge in [-0.05, 0) is 38.0 Å². The number of halogens is 1. The summed E-state index contributed by atoms with van der Waals surface area (Å²) < 4.78 is 1.03. The van der Waals surface area contributed by atoms with Gasteiger partial charge in [-0.25, -0.2) is 0 Å². The highest BCUT2D eigenvalue weighted by Gasteiger charge is 2.28. The second kappa shape index (κ2) is 6.34. The Hall–Kier alpha value is -0.870. The van der Waals surface area contributed by atoms with Gasteiger partial charge in [-0.3, -0.25) is 4.79 Å². The molecule has 1 rings (SSSR count). The summed E-state index contributed by atoms with van der Waals surface area (Å²) in [5.41, 5.74) is 6.28. The molecule has 1 unspecified atom stereocenters. The van der Waals surface area contributed by atoms with E-state index in [1.807, 2.05) is 38.1 Å². The van der Waals surface area contributed by atoms with E-state index in [1.54, 1.807) is 6.92 Å². The molecule has 0 aliphatic rings. The average molecular weight is 313 g/mol. The lowest BCUT2D eigenvalue weighted by atomic mass is 9.95. The quantitative estimate of drug-likeness (QED) is 0.877. The van der Waals surface area contributed by atoms with Crippen LogP contribution in [0.4, 0.5) is 0 Å². The minimum absolute atomic E-state index is 0.0367. The number of benzene rings is 1. The largest absolute Gasteiger partial charge is 0.348 e. The summed E-state index contributed by atoms with van der Waals surface area (Å²) in [6.45, 7) is 5.76. The molecule has 0 spiro atoms. The van der Waals surface area contributed by atoms with Gasteiger partial charge in [0, 0.05) is 4.47 Å². The van der Waals surface area contributed by atoms with Crippen molar-refractivity contribution >= 4 is 21.8 Å². The highest BCUT2D eigenvalue weighted by atomic mass is 79.9. The van der Waals surface area contributed by atoms with Gasteiger partial charge in [-0.1, -0.05) is 41.4 Å². The highest BCUT2D eigenvalue weighted by molar-refractivity contribution is 9.10. The Morgan fingerprint density at radius 1 is 1.44 bits per heavy atom. The molecule has 0 aromatic heterocycles. The lowest BCUT2D eigenvalue weighted by Gasteiger charge is -2.25. The van der Waals surface area contributed by atoms with Crippen molar-refractivity contribution in [1.82, 2.24) is 5.32 Å². The molecular formula is C14H21BrN2O. The summed E-state index contributed by atoms with van der Waals surface area (Å²) in [6.07, 6.45) is 1.58. The molecule has 1 aromatic carbocycles. The molecule has 0 heterocycles. The molecule has 0 fully saturated rings. The Labute approximate surface area is 117 Å². The molecule has 0 aliphatic carbocycles. The van der Waals surface area contributed by atoms with Crippen LogP contribution in [-0.4, -0.2) is 11.4 Å². The van der Waals surface area contributed by atoms with Crippen molar-refractivity contribution in [3.63, 3.8) is 0 Å². The second-order valence-corrected chi connectivity index (χ2v) is 5.83. The molecule has 3 nitrogen and oxygen atoms in total. The number of hydrogen-bond acceptors (Lipinski definition) is 2. The van der Waals surface area contributed by atoms with Crippen molar-refractivity contribution < 1.29 is 4.79 Å². The van der Waals surface area contributed by atoms with Crippen molar-refractivity contribution in [2.75, 3.05) is 0 Å². The van der Waals surface area contributed by atoms with E-state index in [9.17, 15) is 4.79 Å². The highest BCUT2D eigenvalue weighted by Crippen LogP contribution is 2.18. The first-order chi connectivity index (χ1) is 8.36. The lowest BCUT2D eigenvalue weighted by Crippen LogP contribution is -2.51. The van der Waals surface area contributed by atoms with Gasteiger partial charge in [0.15, 0.2) is 0 Å². The maximum Gasteiger partial charge on any atom is 0.240 e. The van der Waals surface area contributed by atoms with E-state index in [0.29, 0.717) is 6.42 Å². The molecule has 0 aliphatic heterocycles. The van der Waals surface area contributed by atoms with Crippen LogP contribution in [0.2, 0.25) is 0 Å². The predicted octanol–water partition coefficient (Wildman–Crippen LogP) is 3.14. The lowest BCUT2D eigenvalue weighted by molar-refractivity contribution is -0.126. The topological polar surface area (TPSA) is 55.1 Å². The summed E-state index contributed by atoms with van der Waals surface area (Å²) >= 11 is 3.39. The first-order valence-corrected chi connectivity index (χ1v) is 7.01. The van der Waals surface area contributed by atoms with E-state index in [-0.39, 0.29) is 11.9 Å². The summed E-state index contributed by atoms with van der Waals surface area (Å²) in [5.74, 6) is -0.0974. The fraction of sp³-hybridized carbons (Fsp3) is 0.500. The van der Waals surface area contributed by atoms with Gasteiger partial charge in [0.05, 0.1) is 11.6 Å². The Kier molecular flexibility index (Phi) is 5.35. The molecule has 100 valence electrons. The minimum Gasteiger partial charge on any atom is -0.348 e. The van der Waals surface area contributed by atoms with E-state index in [1.165, 1.54) is 0 Å². The summed E-state index contributed by atoms with van der Waals surface area (Å²) in [4.78, 5) is 12.1. The molecule has 1 aromatic rings. The fourth-order valence-electron chi connectivity index (χ4n) is 1.83. The van der Waals surface area contributed by atoms with Crippen LogP contribution in [0, 0.1) is 0 Å². The smallest absolute Gasteiger partial charge is 0.240 e. The third-order valence-corrected chi connectivity index (χ3v) is 3.53. The van der Waals surface area contributed by atoms with Crippen LogP contribution < -0.4 is 11.1 Å². The second-order valence-electron chi connectivity index (χ2n) is 4.91. The number of amides is 1. The van der Waals surface area contributed by atoms with Crippen molar-refractivity contribution in [3.8, 4) is 0 Å². The van der Waals surface area contributed by atoms with Gasteiger partial charge in [0.2, 0.25) is 5.91 Å². The van der Waals surface area contributed by atoms with Crippen molar-refractivity contribution in [2.24, 2.45) is 5.73 Å². The molecule has 0 radical (unpaired) electrons. The third kappa shape index (κ3) is 4.10. The Bertz CT molecular complexity index is 401. The molecule has 1 amide bonds. The number of carbonyl (C=O) groups excluding carboxylic acids is 1. The maximum absolute atomic E-state index is 12.1. The molecule has 0 bridgehead atoms. The SMILES string of the molecule is CCCC(C)(N)C(=O)N[C@H](C)c1ccc(Br)cc1. The number of rotatable bonds is 5. The fourth-order valence-corrected chi connectivity index (χ4v) is 2.09. The third-order valence-electron chi connectivity index (χ3n) is 3.01. The first-order valence-electron chi connectivity index (χ1n) is 6.22. The van der Waals surface area contributed by atoms with Crippen molar-refractivity contribution in [1.29, 1.82) is 0 Å². The zero-order valence-electron chi connectivity index (χ0n) is 11.2. The van der Waals surface area contributed by atoms with Gasteiger partial charge < -0.3 is 11.1 Å². The first kappa shape index (κ1) is 15.2. The van der Waals surface area contributed by atoms with Gasteiger partial charge >= 0.3 is 0 Å². The van der Waals surface area contributed by atoms with E-state index in [2.05, 4.69) is 21.2 Å². The maximum atomic E-state index is 12.1. The van der Waals surface area contributed by atoms with E-state index in [0.717, 1.165) is 16.5 Å². The Balaban J connectivity index is 2.67.